The number of carbonyl (C=O) groups excluding carboxylic acids is 1. The molecule has 1 aromatic carbocycles. The lowest BCUT2D eigenvalue weighted by atomic mass is 10.1. The summed E-state index contributed by atoms with van der Waals surface area (Å²) in [5, 5.41) is 3.23. The molecule has 1 amide bonds. The van der Waals surface area contributed by atoms with Gasteiger partial charge >= 0.3 is 0 Å². The number of likely N-dealkylation sites (N-methyl/N-ethyl adjacent to an activating group) is 1. The molecule has 5 nitrogen and oxygen atoms in total. The maximum atomic E-state index is 12.8. The minimum absolute atomic E-state index is 0.0970. The standard InChI is InChI=1S/C16H23N3O2/c1-12-10-18(2)14-6-4-3-5-13(14)11-19(12)16(20)15-9-17-7-8-21-15/h3-6,12,15,17H,7-11H2,1-2H3. The van der Waals surface area contributed by atoms with Gasteiger partial charge in [0.05, 0.1) is 6.61 Å². The van der Waals surface area contributed by atoms with E-state index in [1.165, 1.54) is 11.3 Å². The van der Waals surface area contributed by atoms with Crippen LogP contribution >= 0.6 is 0 Å². The molecule has 0 aromatic heterocycles. The van der Waals surface area contributed by atoms with Crippen LogP contribution in [0.2, 0.25) is 0 Å². The van der Waals surface area contributed by atoms with Crippen molar-refractivity contribution in [2.75, 3.05) is 38.2 Å². The smallest absolute Gasteiger partial charge is 0.253 e. The van der Waals surface area contributed by atoms with Crippen LogP contribution < -0.4 is 10.2 Å². The summed E-state index contributed by atoms with van der Waals surface area (Å²) in [6, 6.07) is 8.47. The molecule has 114 valence electrons. The van der Waals surface area contributed by atoms with Crippen LogP contribution in [0, 0.1) is 0 Å². The highest BCUT2D eigenvalue weighted by molar-refractivity contribution is 5.82. The van der Waals surface area contributed by atoms with Crippen molar-refractivity contribution in [1.82, 2.24) is 10.2 Å². The molecule has 1 aromatic rings. The Balaban J connectivity index is 1.83. The highest BCUT2D eigenvalue weighted by atomic mass is 16.5. The van der Waals surface area contributed by atoms with Gasteiger partial charge in [0.1, 0.15) is 6.10 Å². The van der Waals surface area contributed by atoms with E-state index in [4.69, 9.17) is 4.74 Å². The quantitative estimate of drug-likeness (QED) is 0.832. The fourth-order valence-corrected chi connectivity index (χ4v) is 3.15. The number of para-hydroxylation sites is 1. The number of rotatable bonds is 1. The van der Waals surface area contributed by atoms with Gasteiger partial charge in [0.15, 0.2) is 0 Å². The summed E-state index contributed by atoms with van der Waals surface area (Å²) in [7, 11) is 2.09. The first-order chi connectivity index (χ1) is 10.2. The Morgan fingerprint density at radius 3 is 2.95 bits per heavy atom. The van der Waals surface area contributed by atoms with E-state index in [0.717, 1.165) is 13.1 Å². The summed E-state index contributed by atoms with van der Waals surface area (Å²) >= 11 is 0. The van der Waals surface area contributed by atoms with Crippen molar-refractivity contribution in [2.45, 2.75) is 25.6 Å². The number of nitrogens with zero attached hydrogens (tertiary/aromatic N) is 2. The van der Waals surface area contributed by atoms with Crippen molar-refractivity contribution in [2.24, 2.45) is 0 Å². The second kappa shape index (κ2) is 6.03. The Labute approximate surface area is 125 Å². The molecule has 3 rings (SSSR count). The van der Waals surface area contributed by atoms with Crippen LogP contribution in [0.15, 0.2) is 24.3 Å². The number of hydrogen-bond donors (Lipinski definition) is 1. The Hall–Kier alpha value is -1.59. The molecule has 0 spiro atoms. The number of fused-ring (bicyclic) bond motifs is 1. The Kier molecular flexibility index (Phi) is 4.12. The molecule has 0 bridgehead atoms. The zero-order valence-electron chi connectivity index (χ0n) is 12.7. The Morgan fingerprint density at radius 2 is 2.19 bits per heavy atom. The third-order valence-corrected chi connectivity index (χ3v) is 4.30. The number of anilines is 1. The van der Waals surface area contributed by atoms with Crippen LogP contribution in [0.4, 0.5) is 5.69 Å². The number of carbonyl (C=O) groups is 1. The molecule has 1 saturated heterocycles. The van der Waals surface area contributed by atoms with E-state index in [1.807, 2.05) is 17.0 Å². The lowest BCUT2D eigenvalue weighted by molar-refractivity contribution is -0.147. The Bertz CT molecular complexity index is 514. The number of morpholine rings is 1. The Morgan fingerprint density at radius 1 is 1.38 bits per heavy atom. The van der Waals surface area contributed by atoms with Crippen LogP contribution in [0.25, 0.3) is 0 Å². The summed E-state index contributed by atoms with van der Waals surface area (Å²) in [5.74, 6) is 0.0970. The molecule has 2 atom stereocenters. The monoisotopic (exact) mass is 289 g/mol. The molecule has 0 saturated carbocycles. The molecule has 2 heterocycles. The maximum absolute atomic E-state index is 12.8. The lowest BCUT2D eigenvalue weighted by Gasteiger charge is -2.33. The van der Waals surface area contributed by atoms with E-state index in [0.29, 0.717) is 19.7 Å². The maximum Gasteiger partial charge on any atom is 0.253 e. The highest BCUT2D eigenvalue weighted by Crippen LogP contribution is 2.26. The number of ether oxygens (including phenoxy) is 1. The highest BCUT2D eigenvalue weighted by Gasteiger charge is 2.32. The van der Waals surface area contributed by atoms with Crippen molar-refractivity contribution in [3.63, 3.8) is 0 Å². The van der Waals surface area contributed by atoms with Crippen molar-refractivity contribution >= 4 is 11.6 Å². The molecular formula is C16H23N3O2. The summed E-state index contributed by atoms with van der Waals surface area (Å²) in [6.45, 7) is 5.64. The van der Waals surface area contributed by atoms with E-state index in [1.54, 1.807) is 0 Å². The molecule has 0 aliphatic carbocycles. The van der Waals surface area contributed by atoms with Crippen LogP contribution in [0.3, 0.4) is 0 Å². The van der Waals surface area contributed by atoms with E-state index in [-0.39, 0.29) is 18.1 Å². The first-order valence-corrected chi connectivity index (χ1v) is 7.58. The molecule has 1 N–H and O–H groups in total. The minimum Gasteiger partial charge on any atom is -0.372 e. The molecule has 5 heteroatoms. The van der Waals surface area contributed by atoms with E-state index >= 15 is 0 Å². The fourth-order valence-electron chi connectivity index (χ4n) is 3.15. The molecule has 1 fully saturated rings. The number of nitrogens with one attached hydrogen (secondary N) is 1. The van der Waals surface area contributed by atoms with Gasteiger partial charge in [0, 0.05) is 45.0 Å². The lowest BCUT2D eigenvalue weighted by Crippen LogP contribution is -2.52. The van der Waals surface area contributed by atoms with Crippen LogP contribution in [-0.2, 0) is 16.1 Å². The number of hydrogen-bond acceptors (Lipinski definition) is 4. The molecule has 2 aliphatic rings. The number of amides is 1. The summed E-state index contributed by atoms with van der Waals surface area (Å²) in [5.41, 5.74) is 2.41. The third kappa shape index (κ3) is 2.89. The average Bonchev–Trinajstić information content (AvgIpc) is 2.64. The zero-order valence-corrected chi connectivity index (χ0v) is 12.7. The molecule has 2 aliphatic heterocycles. The van der Waals surface area contributed by atoms with Gasteiger partial charge in [-0.2, -0.15) is 0 Å². The van der Waals surface area contributed by atoms with Crippen LogP contribution in [0.5, 0.6) is 0 Å². The topological polar surface area (TPSA) is 44.8 Å². The molecule has 2 unspecified atom stereocenters. The van der Waals surface area contributed by atoms with Crippen LogP contribution in [0.1, 0.15) is 12.5 Å². The summed E-state index contributed by atoms with van der Waals surface area (Å²) < 4.78 is 5.63. The normalized spacial score (nSPS) is 26.2. The minimum atomic E-state index is -0.350. The summed E-state index contributed by atoms with van der Waals surface area (Å²) in [4.78, 5) is 17.0. The second-order valence-corrected chi connectivity index (χ2v) is 5.89. The molecular weight excluding hydrogens is 266 g/mol. The van der Waals surface area contributed by atoms with Gasteiger partial charge in [-0.1, -0.05) is 18.2 Å². The van der Waals surface area contributed by atoms with Gasteiger partial charge in [-0.3, -0.25) is 4.79 Å². The largest absolute Gasteiger partial charge is 0.372 e. The van der Waals surface area contributed by atoms with Gasteiger partial charge in [0.25, 0.3) is 5.91 Å². The van der Waals surface area contributed by atoms with Crippen molar-refractivity contribution in [3.8, 4) is 0 Å². The fraction of sp³-hybridized carbons (Fsp3) is 0.562. The SMILES string of the molecule is CC1CN(C)c2ccccc2CN1C(=O)C1CNCCO1. The zero-order chi connectivity index (χ0) is 14.8. The van der Waals surface area contributed by atoms with E-state index in [9.17, 15) is 4.79 Å². The molecule has 0 radical (unpaired) electrons. The van der Waals surface area contributed by atoms with Gasteiger partial charge in [-0.15, -0.1) is 0 Å². The number of benzene rings is 1. The van der Waals surface area contributed by atoms with Crippen LogP contribution in [-0.4, -0.2) is 56.2 Å². The summed E-state index contributed by atoms with van der Waals surface area (Å²) in [6.07, 6.45) is -0.350. The average molecular weight is 289 g/mol. The predicted octanol–water partition coefficient (Wildman–Crippen LogP) is 0.842. The second-order valence-electron chi connectivity index (χ2n) is 5.89. The van der Waals surface area contributed by atoms with Gasteiger partial charge < -0.3 is 19.9 Å². The van der Waals surface area contributed by atoms with E-state index < -0.39 is 0 Å². The van der Waals surface area contributed by atoms with E-state index in [2.05, 4.69) is 36.3 Å². The van der Waals surface area contributed by atoms with Gasteiger partial charge in [0.2, 0.25) is 0 Å². The predicted molar refractivity (Wildman–Crippen MR) is 82.3 cm³/mol. The first-order valence-electron chi connectivity index (χ1n) is 7.58. The first kappa shape index (κ1) is 14.4. The molecule has 21 heavy (non-hydrogen) atoms. The van der Waals surface area contributed by atoms with Crippen molar-refractivity contribution in [1.29, 1.82) is 0 Å². The van der Waals surface area contributed by atoms with Gasteiger partial charge in [-0.05, 0) is 18.6 Å². The third-order valence-electron chi connectivity index (χ3n) is 4.30. The van der Waals surface area contributed by atoms with Crippen molar-refractivity contribution < 1.29 is 9.53 Å². The van der Waals surface area contributed by atoms with Gasteiger partial charge in [-0.25, -0.2) is 0 Å². The van der Waals surface area contributed by atoms with Crippen molar-refractivity contribution in [3.05, 3.63) is 29.8 Å².